The summed E-state index contributed by atoms with van der Waals surface area (Å²) in [4.78, 5) is 0. The van der Waals surface area contributed by atoms with Crippen LogP contribution in [0.25, 0.3) is 0 Å². The molecule has 2 N–H and O–H groups in total. The summed E-state index contributed by atoms with van der Waals surface area (Å²) in [5.41, 5.74) is 7.68. The highest BCUT2D eigenvalue weighted by Gasteiger charge is 2.51. The van der Waals surface area contributed by atoms with Gasteiger partial charge in [-0.15, -0.1) is 0 Å². The number of thiocarbonyl (C=S) groups is 1. The summed E-state index contributed by atoms with van der Waals surface area (Å²) in [6.07, 6.45) is 8.18. The fourth-order valence-corrected chi connectivity index (χ4v) is 4.72. The molecular weight excluding hydrogens is 192 g/mol. The van der Waals surface area contributed by atoms with Gasteiger partial charge in [0.15, 0.2) is 5.11 Å². The van der Waals surface area contributed by atoms with E-state index in [4.69, 9.17) is 18.0 Å². The molecule has 0 heterocycles. The molecule has 0 spiro atoms. The quantitative estimate of drug-likeness (QED) is 0.671. The lowest BCUT2D eigenvalue weighted by Crippen LogP contribution is -2.59. The predicted octanol–water partition coefficient (Wildman–Crippen LogP) is 2.11. The zero-order chi connectivity index (χ0) is 9.76. The Balaban J connectivity index is 1.83. The standard InChI is InChI=1S/C11H17N2S/c12-10(14)13-11-4-7-1-8(5-11)3-9(2-7)6-11/h7-9,12H,1-6H2,(H,13,14). The molecule has 0 aromatic carbocycles. The smallest absolute Gasteiger partial charge is 0.185 e. The zero-order valence-electron chi connectivity index (χ0n) is 8.38. The number of nitrogens with one attached hydrogen (secondary N) is 2. The van der Waals surface area contributed by atoms with E-state index in [1.165, 1.54) is 38.5 Å². The minimum absolute atomic E-state index is 0.244. The van der Waals surface area contributed by atoms with E-state index in [-0.39, 0.29) is 10.7 Å². The highest BCUT2D eigenvalue weighted by molar-refractivity contribution is 7.80. The van der Waals surface area contributed by atoms with E-state index >= 15 is 0 Å². The first-order valence-electron chi connectivity index (χ1n) is 5.69. The van der Waals surface area contributed by atoms with Crippen LogP contribution >= 0.6 is 12.2 Å². The van der Waals surface area contributed by atoms with Gasteiger partial charge >= 0.3 is 0 Å². The van der Waals surface area contributed by atoms with Gasteiger partial charge in [-0.3, -0.25) is 5.73 Å². The summed E-state index contributed by atoms with van der Waals surface area (Å²) in [5.74, 6) is 2.80. The Kier molecular flexibility index (Phi) is 1.82. The first-order chi connectivity index (χ1) is 6.65. The molecule has 4 bridgehead atoms. The molecule has 0 saturated heterocycles. The predicted molar refractivity (Wildman–Crippen MR) is 59.7 cm³/mol. The SMILES string of the molecule is [NH]C(=S)NC12CC3CC(CC(C3)C1)C2. The Morgan fingerprint density at radius 3 is 1.86 bits per heavy atom. The van der Waals surface area contributed by atoms with Crippen molar-refractivity contribution in [3.8, 4) is 0 Å². The molecule has 0 aliphatic heterocycles. The van der Waals surface area contributed by atoms with Gasteiger partial charge in [-0.05, 0) is 68.5 Å². The lowest BCUT2D eigenvalue weighted by atomic mass is 9.53. The van der Waals surface area contributed by atoms with Crippen molar-refractivity contribution in [2.75, 3.05) is 0 Å². The van der Waals surface area contributed by atoms with E-state index < -0.39 is 0 Å². The summed E-state index contributed by atoms with van der Waals surface area (Å²) < 4.78 is 0. The minimum Gasteiger partial charge on any atom is -0.356 e. The maximum atomic E-state index is 7.43. The van der Waals surface area contributed by atoms with Crippen LogP contribution in [-0.2, 0) is 0 Å². The van der Waals surface area contributed by atoms with Crippen molar-refractivity contribution in [3.05, 3.63) is 0 Å². The largest absolute Gasteiger partial charge is 0.356 e. The van der Waals surface area contributed by atoms with Gasteiger partial charge in [-0.25, -0.2) is 0 Å². The summed E-state index contributed by atoms with van der Waals surface area (Å²) in [7, 11) is 0. The van der Waals surface area contributed by atoms with Gasteiger partial charge in [0, 0.05) is 5.54 Å². The zero-order valence-corrected chi connectivity index (χ0v) is 9.20. The van der Waals surface area contributed by atoms with Crippen LogP contribution in [0.2, 0.25) is 0 Å². The van der Waals surface area contributed by atoms with Gasteiger partial charge in [0.25, 0.3) is 0 Å². The topological polar surface area (TPSA) is 35.8 Å². The minimum atomic E-state index is 0.244. The molecule has 77 valence electrons. The third kappa shape index (κ3) is 1.33. The van der Waals surface area contributed by atoms with Gasteiger partial charge in [0.1, 0.15) is 0 Å². The Morgan fingerprint density at radius 1 is 1.07 bits per heavy atom. The molecule has 0 atom stereocenters. The van der Waals surface area contributed by atoms with Crippen LogP contribution in [-0.4, -0.2) is 10.7 Å². The molecule has 0 amide bonds. The van der Waals surface area contributed by atoms with Crippen molar-refractivity contribution < 1.29 is 0 Å². The number of hydrogen-bond acceptors (Lipinski definition) is 1. The van der Waals surface area contributed by atoms with Crippen molar-refractivity contribution in [1.29, 1.82) is 0 Å². The molecular formula is C11H17N2S. The molecule has 3 heteroatoms. The van der Waals surface area contributed by atoms with Gasteiger partial charge in [-0.2, -0.15) is 0 Å². The molecule has 0 aromatic heterocycles. The molecule has 4 aliphatic carbocycles. The van der Waals surface area contributed by atoms with Crippen LogP contribution in [0.1, 0.15) is 38.5 Å². The maximum absolute atomic E-state index is 7.43. The highest BCUT2D eigenvalue weighted by atomic mass is 32.1. The summed E-state index contributed by atoms with van der Waals surface area (Å²) in [5, 5.41) is 3.54. The van der Waals surface area contributed by atoms with Crippen LogP contribution in [0.15, 0.2) is 0 Å². The lowest BCUT2D eigenvalue weighted by molar-refractivity contribution is -0.00990. The molecule has 1 radical (unpaired) electrons. The summed E-state index contributed by atoms with van der Waals surface area (Å²) in [6, 6.07) is 0. The average molecular weight is 209 g/mol. The second-order valence-corrected chi connectivity index (χ2v) is 6.06. The van der Waals surface area contributed by atoms with E-state index in [9.17, 15) is 0 Å². The molecule has 14 heavy (non-hydrogen) atoms. The molecule has 4 aliphatic rings. The first-order valence-corrected chi connectivity index (χ1v) is 6.10. The van der Waals surface area contributed by atoms with Crippen molar-refractivity contribution in [1.82, 2.24) is 11.1 Å². The Hall–Kier alpha value is -0.310. The van der Waals surface area contributed by atoms with E-state index in [2.05, 4.69) is 5.32 Å². The van der Waals surface area contributed by atoms with Crippen LogP contribution in [0.5, 0.6) is 0 Å². The van der Waals surface area contributed by atoms with Crippen LogP contribution in [0, 0.1) is 17.8 Å². The van der Waals surface area contributed by atoms with Crippen LogP contribution in [0.3, 0.4) is 0 Å². The highest BCUT2D eigenvalue weighted by Crippen LogP contribution is 2.55. The van der Waals surface area contributed by atoms with E-state index in [1.807, 2.05) is 0 Å². The fourth-order valence-electron chi connectivity index (χ4n) is 4.50. The second-order valence-electron chi connectivity index (χ2n) is 5.65. The summed E-state index contributed by atoms with van der Waals surface area (Å²) in [6.45, 7) is 0. The normalized spacial score (nSPS) is 49.3. The number of hydrogen-bond donors (Lipinski definition) is 1. The molecule has 2 nitrogen and oxygen atoms in total. The Labute approximate surface area is 90.6 Å². The van der Waals surface area contributed by atoms with Gasteiger partial charge in [0.05, 0.1) is 0 Å². The lowest BCUT2D eigenvalue weighted by Gasteiger charge is -2.57. The van der Waals surface area contributed by atoms with Crippen LogP contribution < -0.4 is 11.1 Å². The molecule has 4 rings (SSSR count). The van der Waals surface area contributed by atoms with Crippen molar-refractivity contribution in [2.24, 2.45) is 17.8 Å². The van der Waals surface area contributed by atoms with Crippen molar-refractivity contribution in [3.63, 3.8) is 0 Å². The summed E-state index contributed by atoms with van der Waals surface area (Å²) >= 11 is 4.89. The molecule has 4 fully saturated rings. The van der Waals surface area contributed by atoms with E-state index in [0.29, 0.717) is 0 Å². The van der Waals surface area contributed by atoms with E-state index in [1.54, 1.807) is 0 Å². The van der Waals surface area contributed by atoms with Gasteiger partial charge in [0.2, 0.25) is 0 Å². The average Bonchev–Trinajstić information content (AvgIpc) is 1.96. The third-order valence-corrected chi connectivity index (χ3v) is 4.52. The molecule has 4 saturated carbocycles. The van der Waals surface area contributed by atoms with Crippen molar-refractivity contribution in [2.45, 2.75) is 44.1 Å². The monoisotopic (exact) mass is 209 g/mol. The third-order valence-electron chi connectivity index (χ3n) is 4.42. The second kappa shape index (κ2) is 2.84. The fraction of sp³-hybridized carbons (Fsp3) is 0.909. The van der Waals surface area contributed by atoms with Gasteiger partial charge in [-0.1, -0.05) is 0 Å². The van der Waals surface area contributed by atoms with E-state index in [0.717, 1.165) is 17.8 Å². The Bertz CT molecular complexity index is 239. The van der Waals surface area contributed by atoms with Crippen LogP contribution in [0.4, 0.5) is 0 Å². The first kappa shape index (κ1) is 8.96. The Morgan fingerprint density at radius 2 is 1.50 bits per heavy atom. The van der Waals surface area contributed by atoms with Gasteiger partial charge < -0.3 is 5.32 Å². The maximum Gasteiger partial charge on any atom is 0.185 e. The number of rotatable bonds is 1. The molecule has 0 aromatic rings. The molecule has 0 unspecified atom stereocenters. The van der Waals surface area contributed by atoms with Crippen molar-refractivity contribution >= 4 is 17.3 Å².